The summed E-state index contributed by atoms with van der Waals surface area (Å²) in [7, 11) is 0. The van der Waals surface area contributed by atoms with Crippen molar-refractivity contribution in [1.82, 2.24) is 15.4 Å². The highest BCUT2D eigenvalue weighted by Crippen LogP contribution is 2.44. The summed E-state index contributed by atoms with van der Waals surface area (Å²) >= 11 is 0. The number of nitrogens with zero attached hydrogens (tertiary/aromatic N) is 2. The molecule has 2 heterocycles. The van der Waals surface area contributed by atoms with Crippen LogP contribution < -0.4 is 5.32 Å². The van der Waals surface area contributed by atoms with Gasteiger partial charge in [-0.15, -0.1) is 0 Å². The molecule has 0 spiro atoms. The molecule has 1 fully saturated rings. The van der Waals surface area contributed by atoms with E-state index in [1.165, 1.54) is 30.9 Å². The van der Waals surface area contributed by atoms with Gasteiger partial charge in [0.1, 0.15) is 11.5 Å². The third-order valence-corrected chi connectivity index (χ3v) is 6.51. The molecule has 1 amide bonds. The number of phenols is 2. The molecule has 1 aliphatic heterocycles. The number of likely N-dealkylation sites (tertiary alicyclic amines) is 1. The zero-order valence-electron chi connectivity index (χ0n) is 21.0. The average Bonchev–Trinajstić information content (AvgIpc) is 3.24. The topological polar surface area (TPSA) is 98.8 Å². The number of piperidine rings is 1. The minimum atomic E-state index is -0.370. The molecular formula is C28H35N3O4. The van der Waals surface area contributed by atoms with E-state index in [9.17, 15) is 15.0 Å². The summed E-state index contributed by atoms with van der Waals surface area (Å²) in [5.74, 6) is -0.190. The molecule has 1 aliphatic rings. The van der Waals surface area contributed by atoms with Gasteiger partial charge in [-0.3, -0.25) is 9.69 Å². The third-order valence-electron chi connectivity index (χ3n) is 6.51. The summed E-state index contributed by atoms with van der Waals surface area (Å²) in [4.78, 5) is 15.3. The highest BCUT2D eigenvalue weighted by Gasteiger charge is 2.28. The van der Waals surface area contributed by atoms with Crippen molar-refractivity contribution in [3.05, 3.63) is 53.2 Å². The molecular weight excluding hydrogens is 442 g/mol. The molecule has 4 rings (SSSR count). The van der Waals surface area contributed by atoms with Crippen LogP contribution in [0.25, 0.3) is 22.5 Å². The van der Waals surface area contributed by atoms with Crippen LogP contribution in [0.5, 0.6) is 11.5 Å². The number of nitrogens with one attached hydrogen (secondary N) is 1. The van der Waals surface area contributed by atoms with Gasteiger partial charge in [0.05, 0.1) is 11.1 Å². The second kappa shape index (κ2) is 10.1. The van der Waals surface area contributed by atoms with E-state index in [0.29, 0.717) is 23.2 Å². The summed E-state index contributed by atoms with van der Waals surface area (Å²) in [6.07, 6.45) is 3.78. The van der Waals surface area contributed by atoms with Crippen LogP contribution in [-0.2, 0) is 12.0 Å². The molecule has 35 heavy (non-hydrogen) atoms. The van der Waals surface area contributed by atoms with E-state index in [4.69, 9.17) is 4.52 Å². The number of aromatic nitrogens is 1. The summed E-state index contributed by atoms with van der Waals surface area (Å²) in [5, 5.41) is 28.1. The second-order valence-corrected chi connectivity index (χ2v) is 10.3. The average molecular weight is 478 g/mol. The first-order valence-corrected chi connectivity index (χ1v) is 12.4. The number of hydrogen-bond acceptors (Lipinski definition) is 6. The normalized spacial score (nSPS) is 14.7. The molecule has 1 aromatic heterocycles. The molecule has 0 radical (unpaired) electrons. The van der Waals surface area contributed by atoms with Crippen LogP contribution in [0.4, 0.5) is 0 Å². The SMILES string of the molecule is CCNC(=O)c1noc(-c2cc(C(C)(C)C)c(O)cc2O)c1-c1ccc(CN2CCCCC2)cc1. The second-order valence-electron chi connectivity index (χ2n) is 10.3. The minimum absolute atomic E-state index is 0.00540. The zero-order valence-corrected chi connectivity index (χ0v) is 21.0. The van der Waals surface area contributed by atoms with E-state index in [0.717, 1.165) is 25.2 Å². The lowest BCUT2D eigenvalue weighted by molar-refractivity contribution is 0.0947. The largest absolute Gasteiger partial charge is 0.508 e. The number of aromatic hydroxyl groups is 2. The summed E-state index contributed by atoms with van der Waals surface area (Å²) in [6.45, 7) is 11.4. The van der Waals surface area contributed by atoms with Crippen molar-refractivity contribution in [3.8, 4) is 33.9 Å². The number of carbonyl (C=O) groups excluding carboxylic acids is 1. The Morgan fingerprint density at radius 1 is 1.06 bits per heavy atom. The van der Waals surface area contributed by atoms with Gasteiger partial charge in [0.25, 0.3) is 5.91 Å². The van der Waals surface area contributed by atoms with Gasteiger partial charge >= 0.3 is 0 Å². The Balaban J connectivity index is 1.78. The maximum atomic E-state index is 12.8. The number of benzene rings is 2. The Morgan fingerprint density at radius 3 is 2.37 bits per heavy atom. The predicted octanol–water partition coefficient (Wildman–Crippen LogP) is 5.45. The quantitative estimate of drug-likeness (QED) is 0.436. The van der Waals surface area contributed by atoms with Gasteiger partial charge in [-0.1, -0.05) is 56.6 Å². The van der Waals surface area contributed by atoms with Gasteiger partial charge in [0.2, 0.25) is 0 Å². The lowest BCUT2D eigenvalue weighted by Gasteiger charge is -2.26. The van der Waals surface area contributed by atoms with Crippen molar-refractivity contribution in [2.24, 2.45) is 0 Å². The number of hydrogen-bond donors (Lipinski definition) is 3. The van der Waals surface area contributed by atoms with Gasteiger partial charge in [0, 0.05) is 24.7 Å². The molecule has 0 atom stereocenters. The third kappa shape index (κ3) is 5.35. The van der Waals surface area contributed by atoms with E-state index in [1.807, 2.05) is 39.8 Å². The fourth-order valence-electron chi connectivity index (χ4n) is 4.65. The van der Waals surface area contributed by atoms with E-state index < -0.39 is 0 Å². The van der Waals surface area contributed by atoms with Crippen molar-refractivity contribution in [2.45, 2.75) is 58.9 Å². The number of phenolic OH excluding ortho intramolecular Hbond substituents is 2. The maximum absolute atomic E-state index is 12.8. The van der Waals surface area contributed by atoms with Crippen molar-refractivity contribution in [1.29, 1.82) is 0 Å². The van der Waals surface area contributed by atoms with Gasteiger partial charge in [0.15, 0.2) is 11.5 Å². The molecule has 186 valence electrons. The van der Waals surface area contributed by atoms with Gasteiger partial charge in [-0.05, 0) is 55.5 Å². The van der Waals surface area contributed by atoms with Crippen LogP contribution in [0, 0.1) is 0 Å². The summed E-state index contributed by atoms with van der Waals surface area (Å²) in [5.41, 5.74) is 3.32. The molecule has 0 bridgehead atoms. The molecule has 0 saturated carbocycles. The van der Waals surface area contributed by atoms with E-state index in [2.05, 4.69) is 27.5 Å². The van der Waals surface area contributed by atoms with Crippen molar-refractivity contribution >= 4 is 5.91 Å². The monoisotopic (exact) mass is 477 g/mol. The predicted molar refractivity (Wildman–Crippen MR) is 137 cm³/mol. The summed E-state index contributed by atoms with van der Waals surface area (Å²) in [6, 6.07) is 11.1. The van der Waals surface area contributed by atoms with Crippen LogP contribution in [0.3, 0.4) is 0 Å². The number of amides is 1. The van der Waals surface area contributed by atoms with Crippen LogP contribution in [-0.4, -0.2) is 45.8 Å². The highest BCUT2D eigenvalue weighted by molar-refractivity contribution is 6.02. The number of carbonyl (C=O) groups is 1. The Bertz CT molecular complexity index is 1190. The zero-order chi connectivity index (χ0) is 25.2. The van der Waals surface area contributed by atoms with Crippen LogP contribution in [0.1, 0.15) is 68.6 Å². The molecule has 7 heteroatoms. The fraction of sp³-hybridized carbons (Fsp3) is 0.429. The van der Waals surface area contributed by atoms with Crippen molar-refractivity contribution in [2.75, 3.05) is 19.6 Å². The Kier molecular flexibility index (Phi) is 7.17. The lowest BCUT2D eigenvalue weighted by Crippen LogP contribution is -2.29. The minimum Gasteiger partial charge on any atom is -0.508 e. The van der Waals surface area contributed by atoms with Gasteiger partial charge in [-0.2, -0.15) is 0 Å². The molecule has 1 saturated heterocycles. The maximum Gasteiger partial charge on any atom is 0.274 e. The van der Waals surface area contributed by atoms with Crippen LogP contribution >= 0.6 is 0 Å². The van der Waals surface area contributed by atoms with E-state index in [-0.39, 0.29) is 34.3 Å². The van der Waals surface area contributed by atoms with Crippen LogP contribution in [0.2, 0.25) is 0 Å². The number of rotatable bonds is 6. The van der Waals surface area contributed by atoms with E-state index >= 15 is 0 Å². The molecule has 0 unspecified atom stereocenters. The van der Waals surface area contributed by atoms with Crippen molar-refractivity contribution < 1.29 is 19.5 Å². The smallest absolute Gasteiger partial charge is 0.274 e. The first-order chi connectivity index (χ1) is 16.7. The van der Waals surface area contributed by atoms with Gasteiger partial charge < -0.3 is 20.1 Å². The fourth-order valence-corrected chi connectivity index (χ4v) is 4.65. The first-order valence-electron chi connectivity index (χ1n) is 12.4. The first kappa shape index (κ1) is 24.8. The molecule has 7 nitrogen and oxygen atoms in total. The Morgan fingerprint density at radius 2 is 1.74 bits per heavy atom. The van der Waals surface area contributed by atoms with Crippen LogP contribution in [0.15, 0.2) is 40.9 Å². The Labute approximate surface area is 206 Å². The molecule has 2 aromatic carbocycles. The van der Waals surface area contributed by atoms with Gasteiger partial charge in [-0.25, -0.2) is 0 Å². The van der Waals surface area contributed by atoms with E-state index in [1.54, 1.807) is 6.07 Å². The highest BCUT2D eigenvalue weighted by atomic mass is 16.5. The summed E-state index contributed by atoms with van der Waals surface area (Å²) < 4.78 is 5.68. The van der Waals surface area contributed by atoms with Crippen molar-refractivity contribution in [3.63, 3.8) is 0 Å². The molecule has 3 aromatic rings. The molecule has 0 aliphatic carbocycles. The lowest BCUT2D eigenvalue weighted by atomic mass is 9.84. The standard InChI is InChI=1S/C28H35N3O4/c1-5-29-27(34)25-24(19-11-9-18(10-12-19)17-31-13-7-6-8-14-31)26(35-30-25)20-15-21(28(2,3)4)23(33)16-22(20)32/h9-12,15-16,32-33H,5-8,13-14,17H2,1-4H3,(H,29,34). The molecule has 3 N–H and O–H groups in total. The Hall–Kier alpha value is -3.32.